The van der Waals surface area contributed by atoms with E-state index >= 15 is 0 Å². The maximum absolute atomic E-state index is 12.6. The van der Waals surface area contributed by atoms with Gasteiger partial charge in [0.25, 0.3) is 5.91 Å². The van der Waals surface area contributed by atoms with Crippen molar-refractivity contribution < 1.29 is 4.79 Å². The number of carbonyl (C=O) groups excluding carboxylic acids is 1. The molecule has 3 rings (SSSR count). The van der Waals surface area contributed by atoms with Gasteiger partial charge in [-0.25, -0.2) is 0 Å². The van der Waals surface area contributed by atoms with E-state index in [1.54, 1.807) is 4.90 Å². The monoisotopic (exact) mass is 314 g/mol. The summed E-state index contributed by atoms with van der Waals surface area (Å²) in [5, 5.41) is 0. The van der Waals surface area contributed by atoms with Gasteiger partial charge in [0.1, 0.15) is 0 Å². The van der Waals surface area contributed by atoms with Gasteiger partial charge < -0.3 is 4.57 Å². The average Bonchev–Trinajstić information content (AvgIpc) is 2.97. The minimum atomic E-state index is -0.0551. The summed E-state index contributed by atoms with van der Waals surface area (Å²) >= 11 is 6.73. The first-order valence-electron chi connectivity index (χ1n) is 6.53. The smallest absolute Gasteiger partial charge is 0.270 e. The Labute approximate surface area is 133 Å². The molecule has 2 heterocycles. The molecule has 0 saturated carbocycles. The van der Waals surface area contributed by atoms with Crippen molar-refractivity contribution in [2.45, 2.75) is 6.92 Å². The number of nitrogens with zero attached hydrogens (tertiary/aromatic N) is 2. The number of hydrogen-bond acceptors (Lipinski definition) is 3. The van der Waals surface area contributed by atoms with Gasteiger partial charge in [0.05, 0.1) is 10.6 Å². The molecule has 1 amide bonds. The van der Waals surface area contributed by atoms with E-state index < -0.39 is 0 Å². The molecule has 1 aromatic heterocycles. The zero-order chi connectivity index (χ0) is 15.0. The van der Waals surface area contributed by atoms with E-state index in [1.807, 2.05) is 67.2 Å². The van der Waals surface area contributed by atoms with Crippen molar-refractivity contribution in [3.63, 3.8) is 0 Å². The van der Waals surface area contributed by atoms with E-state index in [0.29, 0.717) is 9.23 Å². The highest BCUT2D eigenvalue weighted by Crippen LogP contribution is 2.37. The molecule has 0 bridgehead atoms. The number of aromatic nitrogens is 1. The summed E-state index contributed by atoms with van der Waals surface area (Å²) in [5.41, 5.74) is 2.88. The minimum absolute atomic E-state index is 0.0551. The Morgan fingerprint density at radius 1 is 1.19 bits per heavy atom. The fourth-order valence-electron chi connectivity index (χ4n) is 2.25. The number of aryl methyl sites for hydroxylation is 2. The summed E-state index contributed by atoms with van der Waals surface area (Å²) < 4.78 is 2.55. The zero-order valence-corrected chi connectivity index (χ0v) is 13.4. The van der Waals surface area contributed by atoms with Crippen LogP contribution < -0.4 is 4.90 Å². The quantitative estimate of drug-likeness (QED) is 0.624. The first-order valence-corrected chi connectivity index (χ1v) is 7.75. The summed E-state index contributed by atoms with van der Waals surface area (Å²) in [6.07, 6.45) is 3.84. The van der Waals surface area contributed by atoms with Gasteiger partial charge in [-0.2, -0.15) is 0 Å². The first-order chi connectivity index (χ1) is 10.1. The van der Waals surface area contributed by atoms with Crippen LogP contribution in [0.25, 0.3) is 6.08 Å². The van der Waals surface area contributed by atoms with Crippen molar-refractivity contribution in [3.05, 3.63) is 58.8 Å². The van der Waals surface area contributed by atoms with E-state index in [2.05, 4.69) is 0 Å². The van der Waals surface area contributed by atoms with E-state index in [0.717, 1.165) is 16.9 Å². The second kappa shape index (κ2) is 5.50. The predicted molar refractivity (Wildman–Crippen MR) is 92.2 cm³/mol. The van der Waals surface area contributed by atoms with Crippen LogP contribution in [0.2, 0.25) is 0 Å². The Kier molecular flexibility index (Phi) is 3.69. The van der Waals surface area contributed by atoms with Crippen molar-refractivity contribution in [2.75, 3.05) is 4.90 Å². The van der Waals surface area contributed by atoms with Gasteiger partial charge >= 0.3 is 0 Å². The highest BCUT2D eigenvalue weighted by Gasteiger charge is 2.34. The van der Waals surface area contributed by atoms with Gasteiger partial charge in [0.2, 0.25) is 0 Å². The Morgan fingerprint density at radius 2 is 1.95 bits per heavy atom. The second-order valence-corrected chi connectivity index (χ2v) is 6.52. The Morgan fingerprint density at radius 3 is 2.62 bits per heavy atom. The van der Waals surface area contributed by atoms with Gasteiger partial charge in [0, 0.05) is 18.9 Å². The lowest BCUT2D eigenvalue weighted by molar-refractivity contribution is -0.113. The van der Waals surface area contributed by atoms with Crippen molar-refractivity contribution in [2.24, 2.45) is 7.05 Å². The third-order valence-corrected chi connectivity index (χ3v) is 4.72. The summed E-state index contributed by atoms with van der Waals surface area (Å²) in [6, 6.07) is 11.7. The number of benzene rings is 1. The first kappa shape index (κ1) is 14.1. The van der Waals surface area contributed by atoms with Crippen LogP contribution in [0, 0.1) is 6.92 Å². The molecule has 1 aromatic carbocycles. The number of para-hydroxylation sites is 1. The molecule has 0 N–H and O–H groups in total. The van der Waals surface area contributed by atoms with Crippen LogP contribution in [0.1, 0.15) is 11.3 Å². The molecule has 0 aliphatic carbocycles. The number of thiocarbonyl (C=S) groups is 1. The van der Waals surface area contributed by atoms with Crippen LogP contribution in [0.15, 0.2) is 47.5 Å². The van der Waals surface area contributed by atoms with E-state index in [9.17, 15) is 4.79 Å². The lowest BCUT2D eigenvalue weighted by Gasteiger charge is -2.16. The van der Waals surface area contributed by atoms with Crippen LogP contribution in [-0.4, -0.2) is 14.8 Å². The van der Waals surface area contributed by atoms with Crippen LogP contribution in [0.4, 0.5) is 5.69 Å². The van der Waals surface area contributed by atoms with Crippen molar-refractivity contribution >= 4 is 46.0 Å². The molecule has 106 valence electrons. The van der Waals surface area contributed by atoms with Gasteiger partial charge in [-0.1, -0.05) is 42.2 Å². The lowest BCUT2D eigenvalue weighted by atomic mass is 10.2. The van der Waals surface area contributed by atoms with Crippen molar-refractivity contribution in [1.29, 1.82) is 0 Å². The topological polar surface area (TPSA) is 25.2 Å². The minimum Gasteiger partial charge on any atom is -0.351 e. The molecule has 1 fully saturated rings. The summed E-state index contributed by atoms with van der Waals surface area (Å²) in [7, 11) is 1.95. The molecule has 21 heavy (non-hydrogen) atoms. The van der Waals surface area contributed by atoms with Crippen LogP contribution in [-0.2, 0) is 11.8 Å². The fraction of sp³-hybridized carbons (Fsp3) is 0.125. The molecule has 0 atom stereocenters. The predicted octanol–water partition coefficient (Wildman–Crippen LogP) is 3.74. The summed E-state index contributed by atoms with van der Waals surface area (Å²) in [6.45, 7) is 1.98. The Hall–Kier alpha value is -1.85. The molecule has 1 aliphatic rings. The van der Waals surface area contributed by atoms with Crippen LogP contribution in [0.5, 0.6) is 0 Å². The maximum atomic E-state index is 12.6. The van der Waals surface area contributed by atoms with Gasteiger partial charge in [-0.15, -0.1) is 0 Å². The highest BCUT2D eigenvalue weighted by molar-refractivity contribution is 8.27. The van der Waals surface area contributed by atoms with Crippen LogP contribution in [0.3, 0.4) is 0 Å². The number of thioether (sulfide) groups is 1. The standard InChI is InChI=1S/C16H14N2OS2/c1-11-6-3-4-8-13(11)18-15(19)14(21-16(18)20)10-12-7-5-9-17(12)2/h3-10H,1-2H3/b14-10+. The van der Waals surface area contributed by atoms with Gasteiger partial charge in [0.15, 0.2) is 4.32 Å². The van der Waals surface area contributed by atoms with Crippen molar-refractivity contribution in [1.82, 2.24) is 4.57 Å². The van der Waals surface area contributed by atoms with Crippen LogP contribution >= 0.6 is 24.0 Å². The number of anilines is 1. The van der Waals surface area contributed by atoms with E-state index in [-0.39, 0.29) is 5.91 Å². The number of amides is 1. The fourth-order valence-corrected chi connectivity index (χ4v) is 3.52. The average molecular weight is 314 g/mol. The molecule has 0 radical (unpaired) electrons. The second-order valence-electron chi connectivity index (χ2n) is 4.85. The van der Waals surface area contributed by atoms with E-state index in [1.165, 1.54) is 11.8 Å². The molecule has 3 nitrogen and oxygen atoms in total. The zero-order valence-electron chi connectivity index (χ0n) is 11.7. The van der Waals surface area contributed by atoms with Crippen molar-refractivity contribution in [3.8, 4) is 0 Å². The molecular formula is C16H14N2OS2. The molecular weight excluding hydrogens is 300 g/mol. The third-order valence-electron chi connectivity index (χ3n) is 3.41. The van der Waals surface area contributed by atoms with Gasteiger partial charge in [-0.3, -0.25) is 9.69 Å². The molecule has 2 aromatic rings. The molecule has 0 unspecified atom stereocenters. The summed E-state index contributed by atoms with van der Waals surface area (Å²) in [4.78, 5) is 14.9. The largest absolute Gasteiger partial charge is 0.351 e. The van der Waals surface area contributed by atoms with Gasteiger partial charge in [-0.05, 0) is 36.8 Å². The SMILES string of the molecule is Cc1ccccc1N1C(=O)/C(=C\c2cccn2C)SC1=S. The number of hydrogen-bond donors (Lipinski definition) is 0. The lowest BCUT2D eigenvalue weighted by Crippen LogP contribution is -2.28. The van der Waals surface area contributed by atoms with E-state index in [4.69, 9.17) is 12.2 Å². The maximum Gasteiger partial charge on any atom is 0.270 e. The Balaban J connectivity index is 1.99. The molecule has 1 aliphatic heterocycles. The third kappa shape index (κ3) is 2.54. The summed E-state index contributed by atoms with van der Waals surface area (Å²) in [5.74, 6) is -0.0551. The number of rotatable bonds is 2. The molecule has 1 saturated heterocycles. The highest BCUT2D eigenvalue weighted by atomic mass is 32.2. The molecule has 5 heteroatoms. The normalized spacial score (nSPS) is 17.0. The Bertz CT molecular complexity index is 761. The molecule has 0 spiro atoms. The number of carbonyl (C=O) groups is 1.